The minimum Gasteiger partial charge on any atom is -0.426 e. The molecule has 32 heavy (non-hydrogen) atoms. The summed E-state index contributed by atoms with van der Waals surface area (Å²) in [7, 11) is -1.64. The molecule has 1 fully saturated rings. The molecule has 2 aromatic rings. The van der Waals surface area contributed by atoms with E-state index >= 15 is 0 Å². The van der Waals surface area contributed by atoms with Gasteiger partial charge in [-0.25, -0.2) is 0 Å². The van der Waals surface area contributed by atoms with Gasteiger partial charge in [0.25, 0.3) is 5.91 Å². The molecule has 1 aromatic heterocycles. The topological polar surface area (TPSA) is 112 Å². The number of benzene rings is 1. The van der Waals surface area contributed by atoms with Gasteiger partial charge in [0.15, 0.2) is 0 Å². The number of hydrogen-bond acceptors (Lipinski definition) is 5. The molecule has 1 heterocycles. The van der Waals surface area contributed by atoms with Crippen molar-refractivity contribution < 1.29 is 19.6 Å². The zero-order valence-corrected chi connectivity index (χ0v) is 19.1. The van der Waals surface area contributed by atoms with E-state index in [9.17, 15) is 9.59 Å². The first-order valence-electron chi connectivity index (χ1n) is 10.9. The van der Waals surface area contributed by atoms with Gasteiger partial charge in [-0.2, -0.15) is 0 Å². The Balaban J connectivity index is 0.000000439. The molecule has 0 spiro atoms. The van der Waals surface area contributed by atoms with Crippen LogP contribution in [-0.4, -0.2) is 40.4 Å². The van der Waals surface area contributed by atoms with Gasteiger partial charge in [-0.1, -0.05) is 62.8 Å². The van der Waals surface area contributed by atoms with E-state index in [1.807, 2.05) is 0 Å². The number of amides is 2. The van der Waals surface area contributed by atoms with Crippen LogP contribution in [-0.2, 0) is 4.79 Å². The maximum absolute atomic E-state index is 12.4. The van der Waals surface area contributed by atoms with Crippen LogP contribution in [0, 0.1) is 5.92 Å². The second-order valence-electron chi connectivity index (χ2n) is 8.05. The number of nitrogens with zero attached hydrogens (tertiary/aromatic N) is 1. The SMILES string of the molecule is CC1CCCCC1.O=C(CC(NC(=O)c1cccnc1)c1cccc(Cl)c1)NCB(O)O. The molecule has 9 heteroatoms. The molecule has 0 saturated heterocycles. The Kier molecular flexibility index (Phi) is 11.2. The Hall–Kier alpha value is -2.42. The van der Waals surface area contributed by atoms with E-state index in [1.165, 1.54) is 38.3 Å². The van der Waals surface area contributed by atoms with Crippen LogP contribution in [0.3, 0.4) is 0 Å². The summed E-state index contributed by atoms with van der Waals surface area (Å²) in [6.07, 6.45) is 10.0. The van der Waals surface area contributed by atoms with Crippen molar-refractivity contribution in [2.24, 2.45) is 5.92 Å². The fourth-order valence-corrected chi connectivity index (χ4v) is 3.68. The molecule has 7 nitrogen and oxygen atoms in total. The number of carbonyl (C=O) groups is 2. The highest BCUT2D eigenvalue weighted by atomic mass is 35.5. The average molecular weight is 460 g/mol. The molecule has 1 aliphatic carbocycles. The van der Waals surface area contributed by atoms with Crippen LogP contribution in [0.25, 0.3) is 0 Å². The number of rotatable bonds is 7. The summed E-state index contributed by atoms with van der Waals surface area (Å²) in [6.45, 7) is 2.36. The highest BCUT2D eigenvalue weighted by Gasteiger charge is 2.20. The molecule has 4 N–H and O–H groups in total. The highest BCUT2D eigenvalue weighted by Crippen LogP contribution is 2.22. The second kappa shape index (κ2) is 13.9. The van der Waals surface area contributed by atoms with Crippen molar-refractivity contribution in [1.29, 1.82) is 0 Å². The quantitative estimate of drug-likeness (QED) is 0.475. The van der Waals surface area contributed by atoms with E-state index in [-0.39, 0.29) is 18.8 Å². The number of carbonyl (C=O) groups excluding carboxylic acids is 2. The minimum absolute atomic E-state index is 0.0843. The van der Waals surface area contributed by atoms with Gasteiger partial charge in [-0.15, -0.1) is 0 Å². The van der Waals surface area contributed by atoms with Crippen LogP contribution in [0.2, 0.25) is 5.02 Å². The number of aromatic nitrogens is 1. The van der Waals surface area contributed by atoms with Crippen LogP contribution >= 0.6 is 11.6 Å². The molecule has 0 aliphatic heterocycles. The summed E-state index contributed by atoms with van der Waals surface area (Å²) in [5, 5.41) is 23.3. The fourth-order valence-electron chi connectivity index (χ4n) is 3.48. The van der Waals surface area contributed by atoms with Gasteiger partial charge in [0.2, 0.25) is 5.91 Å². The standard InChI is InChI=1S/C16H17BClN3O4.C7H14/c18-13-5-1-3-11(7-13)14(8-15(22)20-10-17(24)25)21-16(23)12-4-2-6-19-9-12;1-7-5-3-2-4-6-7/h1-7,9,14,24-25H,8,10H2,(H,20,22)(H,21,23);7H,2-6H2,1H3. The van der Waals surface area contributed by atoms with Gasteiger partial charge in [0, 0.05) is 17.4 Å². The molecule has 172 valence electrons. The Morgan fingerprint density at radius 2 is 1.94 bits per heavy atom. The van der Waals surface area contributed by atoms with Crippen molar-refractivity contribution in [2.45, 2.75) is 51.5 Å². The van der Waals surface area contributed by atoms with Gasteiger partial charge in [-0.3, -0.25) is 14.6 Å². The van der Waals surface area contributed by atoms with Gasteiger partial charge in [0.05, 0.1) is 24.5 Å². The van der Waals surface area contributed by atoms with Crippen molar-refractivity contribution in [3.05, 3.63) is 64.9 Å². The molecule has 1 aliphatic rings. The van der Waals surface area contributed by atoms with Crippen molar-refractivity contribution >= 4 is 30.5 Å². The first-order chi connectivity index (χ1) is 15.3. The molecule has 1 saturated carbocycles. The molecule has 2 amide bonds. The van der Waals surface area contributed by atoms with E-state index in [2.05, 4.69) is 22.5 Å². The van der Waals surface area contributed by atoms with Crippen molar-refractivity contribution in [3.63, 3.8) is 0 Å². The van der Waals surface area contributed by atoms with E-state index in [0.29, 0.717) is 16.1 Å². The third-order valence-corrected chi connectivity index (χ3v) is 5.48. The van der Waals surface area contributed by atoms with Gasteiger partial charge in [0.1, 0.15) is 0 Å². The van der Waals surface area contributed by atoms with Crippen molar-refractivity contribution in [1.82, 2.24) is 15.6 Å². The molecule has 1 aromatic carbocycles. The van der Waals surface area contributed by atoms with Crippen molar-refractivity contribution in [3.8, 4) is 0 Å². The summed E-state index contributed by atoms with van der Waals surface area (Å²) in [5.74, 6) is 0.214. The summed E-state index contributed by atoms with van der Waals surface area (Å²) in [5.41, 5.74) is 1.02. The van der Waals surface area contributed by atoms with Gasteiger partial charge < -0.3 is 20.7 Å². The molecular formula is C23H31BClN3O4. The second-order valence-corrected chi connectivity index (χ2v) is 8.49. The number of nitrogens with one attached hydrogen (secondary N) is 2. The van der Waals surface area contributed by atoms with Crippen LogP contribution in [0.5, 0.6) is 0 Å². The summed E-state index contributed by atoms with van der Waals surface area (Å²) >= 11 is 5.99. The van der Waals surface area contributed by atoms with Crippen LogP contribution in [0.4, 0.5) is 0 Å². The minimum atomic E-state index is -1.64. The molecule has 0 bridgehead atoms. The monoisotopic (exact) mass is 459 g/mol. The third-order valence-electron chi connectivity index (χ3n) is 5.25. The predicted octanol–water partition coefficient (Wildman–Crippen LogP) is 3.31. The first-order valence-corrected chi connectivity index (χ1v) is 11.3. The number of halogens is 1. The lowest BCUT2D eigenvalue weighted by atomic mass is 9.91. The Morgan fingerprint density at radius 3 is 2.50 bits per heavy atom. The zero-order valence-electron chi connectivity index (χ0n) is 18.3. The smallest absolute Gasteiger partial charge is 0.426 e. The molecule has 3 rings (SSSR count). The molecule has 1 unspecified atom stereocenters. The van der Waals surface area contributed by atoms with E-state index in [4.69, 9.17) is 21.6 Å². The lowest BCUT2D eigenvalue weighted by Crippen LogP contribution is -2.38. The van der Waals surface area contributed by atoms with E-state index in [0.717, 1.165) is 5.92 Å². The zero-order chi connectivity index (χ0) is 23.3. The normalized spacial score (nSPS) is 14.5. The number of pyridine rings is 1. The molecule has 1 atom stereocenters. The summed E-state index contributed by atoms with van der Waals surface area (Å²) in [4.78, 5) is 28.3. The van der Waals surface area contributed by atoms with Crippen molar-refractivity contribution in [2.75, 3.05) is 6.44 Å². The maximum atomic E-state index is 12.4. The Labute approximate surface area is 194 Å². The summed E-state index contributed by atoms with van der Waals surface area (Å²) in [6, 6.07) is 9.42. The third kappa shape index (κ3) is 9.81. The summed E-state index contributed by atoms with van der Waals surface area (Å²) < 4.78 is 0. The molecular weight excluding hydrogens is 429 g/mol. The number of hydrogen-bond donors (Lipinski definition) is 4. The molecule has 0 radical (unpaired) electrons. The first kappa shape index (κ1) is 25.8. The van der Waals surface area contributed by atoms with Gasteiger partial charge in [-0.05, 0) is 35.7 Å². The van der Waals surface area contributed by atoms with Crippen LogP contribution in [0.15, 0.2) is 48.8 Å². The Morgan fingerprint density at radius 1 is 1.19 bits per heavy atom. The highest BCUT2D eigenvalue weighted by molar-refractivity contribution is 6.41. The lowest BCUT2D eigenvalue weighted by Gasteiger charge is -2.19. The van der Waals surface area contributed by atoms with E-state index < -0.39 is 19.1 Å². The van der Waals surface area contributed by atoms with Crippen LogP contribution in [0.1, 0.15) is 67.4 Å². The predicted molar refractivity (Wildman–Crippen MR) is 126 cm³/mol. The van der Waals surface area contributed by atoms with E-state index in [1.54, 1.807) is 42.6 Å². The fraction of sp³-hybridized carbons (Fsp3) is 0.435. The lowest BCUT2D eigenvalue weighted by molar-refractivity contribution is -0.121. The maximum Gasteiger partial charge on any atom is 0.472 e. The average Bonchev–Trinajstić information content (AvgIpc) is 2.79. The largest absolute Gasteiger partial charge is 0.472 e. The Bertz CT molecular complexity index is 848. The van der Waals surface area contributed by atoms with Crippen LogP contribution < -0.4 is 10.6 Å². The van der Waals surface area contributed by atoms with Gasteiger partial charge >= 0.3 is 7.12 Å².